The predicted octanol–water partition coefficient (Wildman–Crippen LogP) is 2.99. The summed E-state index contributed by atoms with van der Waals surface area (Å²) in [6.07, 6.45) is 0. The number of carbonyl (C=O) groups excluding carboxylic acids is 2. The van der Waals surface area contributed by atoms with Gasteiger partial charge in [-0.25, -0.2) is 9.18 Å². The first kappa shape index (κ1) is 18.6. The van der Waals surface area contributed by atoms with Gasteiger partial charge in [0, 0.05) is 6.54 Å². The van der Waals surface area contributed by atoms with Crippen LogP contribution in [0.25, 0.3) is 11.5 Å². The van der Waals surface area contributed by atoms with Gasteiger partial charge < -0.3 is 9.73 Å². The summed E-state index contributed by atoms with van der Waals surface area (Å²) in [5, 5.41) is 12.4. The quantitative estimate of drug-likeness (QED) is 0.632. The van der Waals surface area contributed by atoms with Gasteiger partial charge in [0.2, 0.25) is 5.91 Å². The maximum absolute atomic E-state index is 13.7. The van der Waals surface area contributed by atoms with Gasteiger partial charge in [0.25, 0.3) is 11.1 Å². The van der Waals surface area contributed by atoms with Gasteiger partial charge in [0.1, 0.15) is 5.82 Å². The average Bonchev–Trinajstić information content (AvgIpc) is 3.15. The van der Waals surface area contributed by atoms with Crippen LogP contribution in [0, 0.1) is 5.82 Å². The number of amides is 3. The van der Waals surface area contributed by atoms with Crippen molar-refractivity contribution >= 4 is 23.7 Å². The molecule has 0 aliphatic heterocycles. The molecule has 138 valence electrons. The first-order valence-electron chi connectivity index (χ1n) is 7.94. The Kier molecular flexibility index (Phi) is 6.16. The summed E-state index contributed by atoms with van der Waals surface area (Å²) in [5.74, 6) is -1.07. The van der Waals surface area contributed by atoms with E-state index in [0.717, 1.165) is 17.3 Å². The first-order chi connectivity index (χ1) is 13.1. The SMILES string of the molecule is O=C(CSc1nnc(-c2ccccc2F)o1)NC(=O)NCc1ccccc1. The number of thioether (sulfide) groups is 1. The van der Waals surface area contributed by atoms with Crippen molar-refractivity contribution in [2.75, 3.05) is 5.75 Å². The average molecular weight is 386 g/mol. The third-order valence-electron chi connectivity index (χ3n) is 3.39. The molecule has 3 rings (SSSR count). The monoisotopic (exact) mass is 386 g/mol. The third-order valence-corrected chi connectivity index (χ3v) is 4.20. The van der Waals surface area contributed by atoms with Crippen LogP contribution in [0.3, 0.4) is 0 Å². The van der Waals surface area contributed by atoms with Crippen LogP contribution < -0.4 is 10.6 Å². The van der Waals surface area contributed by atoms with Gasteiger partial charge in [-0.3, -0.25) is 10.1 Å². The number of nitrogens with one attached hydrogen (secondary N) is 2. The summed E-state index contributed by atoms with van der Waals surface area (Å²) >= 11 is 0.952. The van der Waals surface area contributed by atoms with E-state index < -0.39 is 17.8 Å². The third kappa shape index (κ3) is 5.38. The molecule has 0 radical (unpaired) electrons. The second kappa shape index (κ2) is 8.95. The maximum Gasteiger partial charge on any atom is 0.321 e. The van der Waals surface area contributed by atoms with E-state index in [4.69, 9.17) is 4.42 Å². The van der Waals surface area contributed by atoms with Crippen LogP contribution in [0.2, 0.25) is 0 Å². The van der Waals surface area contributed by atoms with Crippen molar-refractivity contribution in [1.82, 2.24) is 20.8 Å². The highest BCUT2D eigenvalue weighted by Crippen LogP contribution is 2.24. The molecule has 0 aliphatic carbocycles. The zero-order chi connectivity index (χ0) is 19.1. The lowest BCUT2D eigenvalue weighted by atomic mass is 10.2. The molecule has 2 N–H and O–H groups in total. The molecular weight excluding hydrogens is 371 g/mol. The van der Waals surface area contributed by atoms with E-state index in [-0.39, 0.29) is 22.4 Å². The molecule has 3 amide bonds. The summed E-state index contributed by atoms with van der Waals surface area (Å²) in [7, 11) is 0. The molecule has 3 aromatic rings. The van der Waals surface area contributed by atoms with Gasteiger partial charge in [-0.1, -0.05) is 54.2 Å². The van der Waals surface area contributed by atoms with Crippen LogP contribution >= 0.6 is 11.8 Å². The van der Waals surface area contributed by atoms with Crippen molar-refractivity contribution in [2.24, 2.45) is 0 Å². The Morgan fingerprint density at radius 3 is 2.56 bits per heavy atom. The number of carbonyl (C=O) groups is 2. The Balaban J connectivity index is 1.45. The predicted molar refractivity (Wildman–Crippen MR) is 97.2 cm³/mol. The number of hydrogen-bond acceptors (Lipinski definition) is 6. The number of rotatable bonds is 6. The Hall–Kier alpha value is -3.20. The smallest absolute Gasteiger partial charge is 0.321 e. The number of imide groups is 1. The van der Waals surface area contributed by atoms with Gasteiger partial charge in [0.15, 0.2) is 0 Å². The van der Waals surface area contributed by atoms with Gasteiger partial charge in [-0.05, 0) is 17.7 Å². The summed E-state index contributed by atoms with van der Waals surface area (Å²) < 4.78 is 19.0. The van der Waals surface area contributed by atoms with Crippen LogP contribution in [0.5, 0.6) is 0 Å². The van der Waals surface area contributed by atoms with Crippen molar-refractivity contribution in [2.45, 2.75) is 11.8 Å². The number of aromatic nitrogens is 2. The largest absolute Gasteiger partial charge is 0.411 e. The Bertz CT molecular complexity index is 933. The van der Waals surface area contributed by atoms with Crippen molar-refractivity contribution in [1.29, 1.82) is 0 Å². The van der Waals surface area contributed by atoms with Crippen LogP contribution in [-0.2, 0) is 11.3 Å². The van der Waals surface area contributed by atoms with Crippen molar-refractivity contribution in [3.8, 4) is 11.5 Å². The molecule has 1 heterocycles. The van der Waals surface area contributed by atoms with E-state index in [0.29, 0.717) is 6.54 Å². The van der Waals surface area contributed by atoms with E-state index in [9.17, 15) is 14.0 Å². The molecule has 9 heteroatoms. The normalized spacial score (nSPS) is 10.4. The van der Waals surface area contributed by atoms with E-state index in [2.05, 4.69) is 20.8 Å². The molecule has 0 bridgehead atoms. The molecule has 0 atom stereocenters. The highest BCUT2D eigenvalue weighted by atomic mass is 32.2. The van der Waals surface area contributed by atoms with E-state index >= 15 is 0 Å². The summed E-state index contributed by atoms with van der Waals surface area (Å²) in [6, 6.07) is 14.7. The molecule has 0 fully saturated rings. The minimum atomic E-state index is -0.595. The maximum atomic E-state index is 13.7. The number of hydrogen-bond donors (Lipinski definition) is 2. The Morgan fingerprint density at radius 2 is 1.78 bits per heavy atom. The first-order valence-corrected chi connectivity index (χ1v) is 8.93. The molecule has 2 aromatic carbocycles. The number of nitrogens with zero attached hydrogens (tertiary/aromatic N) is 2. The van der Waals surface area contributed by atoms with E-state index in [1.807, 2.05) is 30.3 Å². The molecule has 0 unspecified atom stereocenters. The minimum Gasteiger partial charge on any atom is -0.411 e. The lowest BCUT2D eigenvalue weighted by molar-refractivity contribution is -0.117. The summed E-state index contributed by atoms with van der Waals surface area (Å²) in [4.78, 5) is 23.5. The second-order valence-electron chi connectivity index (χ2n) is 5.36. The summed E-state index contributed by atoms with van der Waals surface area (Å²) in [6.45, 7) is 0.308. The fraction of sp³-hybridized carbons (Fsp3) is 0.111. The van der Waals surface area contributed by atoms with E-state index in [1.54, 1.807) is 12.1 Å². The number of benzene rings is 2. The molecule has 0 saturated heterocycles. The number of urea groups is 1. The summed E-state index contributed by atoms with van der Waals surface area (Å²) in [5.41, 5.74) is 1.10. The van der Waals surface area contributed by atoms with Crippen LogP contribution in [0.15, 0.2) is 64.2 Å². The van der Waals surface area contributed by atoms with Gasteiger partial charge in [-0.2, -0.15) is 0 Å². The standard InChI is InChI=1S/C18H15FN4O3S/c19-14-9-5-4-8-13(14)16-22-23-18(26-16)27-11-15(24)21-17(25)20-10-12-6-2-1-3-7-12/h1-9H,10-11H2,(H2,20,21,24,25). The van der Waals surface area contributed by atoms with Crippen molar-refractivity contribution < 1.29 is 18.4 Å². The highest BCUT2D eigenvalue weighted by molar-refractivity contribution is 7.99. The highest BCUT2D eigenvalue weighted by Gasteiger charge is 2.14. The molecule has 27 heavy (non-hydrogen) atoms. The number of halogens is 1. The zero-order valence-electron chi connectivity index (χ0n) is 14.0. The minimum absolute atomic E-state index is 0.0246. The fourth-order valence-electron chi connectivity index (χ4n) is 2.12. The lowest BCUT2D eigenvalue weighted by Crippen LogP contribution is -2.39. The zero-order valence-corrected chi connectivity index (χ0v) is 14.8. The topological polar surface area (TPSA) is 97.1 Å². The van der Waals surface area contributed by atoms with Crippen LogP contribution in [-0.4, -0.2) is 27.9 Å². The van der Waals surface area contributed by atoms with Gasteiger partial charge in [-0.15, -0.1) is 10.2 Å². The molecule has 0 saturated carbocycles. The van der Waals surface area contributed by atoms with E-state index in [1.165, 1.54) is 12.1 Å². The van der Waals surface area contributed by atoms with Crippen molar-refractivity contribution in [3.63, 3.8) is 0 Å². The molecular formula is C18H15FN4O3S. The van der Waals surface area contributed by atoms with Gasteiger partial charge in [0.05, 0.1) is 11.3 Å². The van der Waals surface area contributed by atoms with Crippen LogP contribution in [0.1, 0.15) is 5.56 Å². The molecule has 7 nitrogen and oxygen atoms in total. The second-order valence-corrected chi connectivity index (χ2v) is 6.28. The van der Waals surface area contributed by atoms with Crippen molar-refractivity contribution in [3.05, 3.63) is 66.0 Å². The lowest BCUT2D eigenvalue weighted by Gasteiger charge is -2.06. The molecule has 1 aromatic heterocycles. The Labute approximate surface area is 158 Å². The molecule has 0 aliphatic rings. The fourth-order valence-corrected chi connectivity index (χ4v) is 2.69. The molecule has 0 spiro atoms. The Morgan fingerprint density at radius 1 is 1.04 bits per heavy atom. The van der Waals surface area contributed by atoms with Gasteiger partial charge >= 0.3 is 6.03 Å². The van der Waals surface area contributed by atoms with Crippen LogP contribution in [0.4, 0.5) is 9.18 Å².